The minimum Gasteiger partial charge on any atom is -0.328 e. The van der Waals surface area contributed by atoms with E-state index in [0.29, 0.717) is 15.9 Å². The van der Waals surface area contributed by atoms with Crippen molar-refractivity contribution in [2.45, 2.75) is 0 Å². The van der Waals surface area contributed by atoms with E-state index >= 15 is 0 Å². The zero-order valence-corrected chi connectivity index (χ0v) is 10.1. The van der Waals surface area contributed by atoms with Gasteiger partial charge in [-0.2, -0.15) is 0 Å². The maximum Gasteiger partial charge on any atom is 0.257 e. The molecule has 0 saturated carbocycles. The summed E-state index contributed by atoms with van der Waals surface area (Å²) in [5.41, 5.74) is 2.35. The number of halogens is 1. The third-order valence-corrected chi connectivity index (χ3v) is 3.03. The molecule has 0 amide bonds. The van der Waals surface area contributed by atoms with Gasteiger partial charge in [0.2, 0.25) is 0 Å². The van der Waals surface area contributed by atoms with Gasteiger partial charge in [-0.3, -0.25) is 9.78 Å². The highest BCUT2D eigenvalue weighted by atomic mass is 35.5. The molecule has 4 heteroatoms. The highest BCUT2D eigenvalue weighted by Gasteiger charge is 2.07. The van der Waals surface area contributed by atoms with Crippen LogP contribution < -0.4 is 5.56 Å². The molecule has 0 aliphatic heterocycles. The van der Waals surface area contributed by atoms with Crippen LogP contribution in [0.4, 0.5) is 0 Å². The number of hydrogen-bond donors (Lipinski definition) is 1. The van der Waals surface area contributed by atoms with E-state index < -0.39 is 0 Å². The van der Waals surface area contributed by atoms with Crippen LogP contribution in [-0.4, -0.2) is 9.97 Å². The molecule has 3 nitrogen and oxygen atoms in total. The van der Waals surface area contributed by atoms with Gasteiger partial charge < -0.3 is 4.98 Å². The van der Waals surface area contributed by atoms with Crippen LogP contribution in [0.5, 0.6) is 0 Å². The van der Waals surface area contributed by atoms with Crippen molar-refractivity contribution in [1.82, 2.24) is 9.97 Å². The normalized spacial score (nSPS) is 10.7. The quantitative estimate of drug-likeness (QED) is 0.726. The predicted molar refractivity (Wildman–Crippen MR) is 72.8 cm³/mol. The van der Waals surface area contributed by atoms with Crippen molar-refractivity contribution in [3.63, 3.8) is 0 Å². The summed E-state index contributed by atoms with van der Waals surface area (Å²) in [6, 6.07) is 11.0. The van der Waals surface area contributed by atoms with Gasteiger partial charge in [0.25, 0.3) is 5.56 Å². The molecule has 2 heterocycles. The Bertz CT molecular complexity index is 780. The molecule has 1 N–H and O–H groups in total. The first-order valence-corrected chi connectivity index (χ1v) is 5.86. The molecule has 0 aliphatic rings. The van der Waals surface area contributed by atoms with Gasteiger partial charge in [0, 0.05) is 23.0 Å². The zero-order valence-electron chi connectivity index (χ0n) is 9.35. The number of aromatic nitrogens is 2. The van der Waals surface area contributed by atoms with Crippen LogP contribution in [0, 0.1) is 0 Å². The van der Waals surface area contributed by atoms with Gasteiger partial charge in [0.1, 0.15) is 0 Å². The molecule has 18 heavy (non-hydrogen) atoms. The van der Waals surface area contributed by atoms with E-state index in [4.69, 9.17) is 11.6 Å². The zero-order chi connectivity index (χ0) is 12.5. The molecule has 0 bridgehead atoms. The van der Waals surface area contributed by atoms with Gasteiger partial charge in [0.15, 0.2) is 0 Å². The number of pyridine rings is 2. The van der Waals surface area contributed by atoms with E-state index in [9.17, 15) is 4.79 Å². The summed E-state index contributed by atoms with van der Waals surface area (Å²) >= 11 is 5.98. The van der Waals surface area contributed by atoms with Gasteiger partial charge in [-0.1, -0.05) is 23.7 Å². The first-order chi connectivity index (χ1) is 8.75. The van der Waals surface area contributed by atoms with E-state index in [2.05, 4.69) is 9.97 Å². The van der Waals surface area contributed by atoms with E-state index in [1.807, 2.05) is 24.3 Å². The SMILES string of the molecule is O=c1[nH]cc(-c2cccc(Cl)c2)c2ncccc12. The smallest absolute Gasteiger partial charge is 0.257 e. The standard InChI is InChI=1S/C14H9ClN2O/c15-10-4-1-3-9(7-10)12-8-17-14(18)11-5-2-6-16-13(11)12/h1-8H,(H,17,18). The van der Waals surface area contributed by atoms with Crippen molar-refractivity contribution < 1.29 is 0 Å². The number of rotatable bonds is 1. The van der Waals surface area contributed by atoms with Crippen molar-refractivity contribution in [2.24, 2.45) is 0 Å². The number of H-pyrrole nitrogens is 1. The van der Waals surface area contributed by atoms with Crippen LogP contribution in [0.15, 0.2) is 53.6 Å². The van der Waals surface area contributed by atoms with Gasteiger partial charge in [-0.25, -0.2) is 0 Å². The second kappa shape index (κ2) is 4.27. The van der Waals surface area contributed by atoms with Crippen LogP contribution in [0.1, 0.15) is 0 Å². The molecule has 0 atom stereocenters. The molecular weight excluding hydrogens is 248 g/mol. The Morgan fingerprint density at radius 3 is 2.89 bits per heavy atom. The first-order valence-electron chi connectivity index (χ1n) is 5.48. The molecule has 0 unspecified atom stereocenters. The number of nitrogens with one attached hydrogen (secondary N) is 1. The van der Waals surface area contributed by atoms with E-state index in [1.165, 1.54) is 0 Å². The van der Waals surface area contributed by atoms with E-state index in [0.717, 1.165) is 11.1 Å². The molecule has 0 fully saturated rings. The lowest BCUT2D eigenvalue weighted by atomic mass is 10.1. The summed E-state index contributed by atoms with van der Waals surface area (Å²) in [6.45, 7) is 0. The largest absolute Gasteiger partial charge is 0.328 e. The Morgan fingerprint density at radius 2 is 2.06 bits per heavy atom. The minimum absolute atomic E-state index is 0.135. The number of aromatic amines is 1. The summed E-state index contributed by atoms with van der Waals surface area (Å²) in [6.07, 6.45) is 3.35. The summed E-state index contributed by atoms with van der Waals surface area (Å²) < 4.78 is 0. The van der Waals surface area contributed by atoms with Crippen molar-refractivity contribution in [1.29, 1.82) is 0 Å². The first kappa shape index (κ1) is 11.0. The van der Waals surface area contributed by atoms with Gasteiger partial charge in [0.05, 0.1) is 10.9 Å². The Kier molecular flexibility index (Phi) is 2.61. The van der Waals surface area contributed by atoms with Crippen LogP contribution in [0.3, 0.4) is 0 Å². The fraction of sp³-hybridized carbons (Fsp3) is 0. The monoisotopic (exact) mass is 256 g/mol. The van der Waals surface area contributed by atoms with Crippen LogP contribution in [0.2, 0.25) is 5.02 Å². The second-order valence-corrected chi connectivity index (χ2v) is 4.38. The number of hydrogen-bond acceptors (Lipinski definition) is 2. The maximum atomic E-state index is 11.7. The number of benzene rings is 1. The highest BCUT2D eigenvalue weighted by Crippen LogP contribution is 2.26. The molecule has 0 aliphatic carbocycles. The molecule has 2 aromatic heterocycles. The summed E-state index contributed by atoms with van der Waals surface area (Å²) in [5, 5.41) is 1.23. The van der Waals surface area contributed by atoms with Crippen LogP contribution in [0.25, 0.3) is 22.0 Å². The summed E-state index contributed by atoms with van der Waals surface area (Å²) in [5.74, 6) is 0. The van der Waals surface area contributed by atoms with E-state index in [1.54, 1.807) is 24.5 Å². The fourth-order valence-corrected chi connectivity index (χ4v) is 2.15. The van der Waals surface area contributed by atoms with Crippen molar-refractivity contribution in [2.75, 3.05) is 0 Å². The summed E-state index contributed by atoms with van der Waals surface area (Å²) in [4.78, 5) is 18.7. The average Bonchev–Trinajstić information content (AvgIpc) is 2.39. The van der Waals surface area contributed by atoms with Crippen LogP contribution in [-0.2, 0) is 0 Å². The third kappa shape index (κ3) is 1.79. The molecule has 0 spiro atoms. The maximum absolute atomic E-state index is 11.7. The van der Waals surface area contributed by atoms with E-state index in [-0.39, 0.29) is 5.56 Å². The Balaban J connectivity index is 2.37. The number of nitrogens with zero attached hydrogens (tertiary/aromatic N) is 1. The number of fused-ring (bicyclic) bond motifs is 1. The average molecular weight is 257 g/mol. The molecule has 3 aromatic rings. The van der Waals surface area contributed by atoms with Gasteiger partial charge in [-0.15, -0.1) is 0 Å². The lowest BCUT2D eigenvalue weighted by Crippen LogP contribution is -2.06. The minimum atomic E-state index is -0.135. The molecule has 0 saturated heterocycles. The molecular formula is C14H9ClN2O. The molecule has 0 radical (unpaired) electrons. The fourth-order valence-electron chi connectivity index (χ4n) is 1.96. The molecule has 3 rings (SSSR count). The Hall–Kier alpha value is -2.13. The van der Waals surface area contributed by atoms with Crippen LogP contribution >= 0.6 is 11.6 Å². The van der Waals surface area contributed by atoms with Crippen molar-refractivity contribution >= 4 is 22.5 Å². The molecule has 88 valence electrons. The lowest BCUT2D eigenvalue weighted by molar-refractivity contribution is 1.26. The predicted octanol–water partition coefficient (Wildman–Crippen LogP) is 3.24. The highest BCUT2D eigenvalue weighted by molar-refractivity contribution is 6.30. The second-order valence-electron chi connectivity index (χ2n) is 3.94. The van der Waals surface area contributed by atoms with Crippen molar-refractivity contribution in [3.8, 4) is 11.1 Å². The summed E-state index contributed by atoms with van der Waals surface area (Å²) in [7, 11) is 0. The Labute approximate surface area is 108 Å². The lowest BCUT2D eigenvalue weighted by Gasteiger charge is -2.05. The third-order valence-electron chi connectivity index (χ3n) is 2.79. The Morgan fingerprint density at radius 1 is 1.17 bits per heavy atom. The van der Waals surface area contributed by atoms with Gasteiger partial charge >= 0.3 is 0 Å². The van der Waals surface area contributed by atoms with Crippen molar-refractivity contribution in [3.05, 3.63) is 64.2 Å². The van der Waals surface area contributed by atoms with Gasteiger partial charge in [-0.05, 0) is 29.8 Å². The molecule has 1 aromatic carbocycles. The topological polar surface area (TPSA) is 45.8 Å².